The Morgan fingerprint density at radius 3 is 2.54 bits per heavy atom. The van der Waals surface area contributed by atoms with Crippen molar-refractivity contribution in [2.75, 3.05) is 5.73 Å². The monoisotopic (exact) mass is 173 g/mol. The first-order chi connectivity index (χ1) is 6.36. The number of hydrogen-bond acceptors (Lipinski definition) is 5. The molecule has 0 aromatic carbocycles. The van der Waals surface area contributed by atoms with Crippen molar-refractivity contribution in [1.29, 1.82) is 0 Å². The van der Waals surface area contributed by atoms with Crippen LogP contribution in [0.2, 0.25) is 0 Å². The molecule has 0 saturated heterocycles. The van der Waals surface area contributed by atoms with Crippen molar-refractivity contribution in [3.63, 3.8) is 0 Å². The van der Waals surface area contributed by atoms with Crippen molar-refractivity contribution in [2.45, 2.75) is 0 Å². The highest BCUT2D eigenvalue weighted by atomic mass is 15.1. The highest BCUT2D eigenvalue weighted by Crippen LogP contribution is 2.11. The van der Waals surface area contributed by atoms with Gasteiger partial charge in [-0.2, -0.15) is 4.98 Å². The fourth-order valence-corrected chi connectivity index (χ4v) is 0.949. The van der Waals surface area contributed by atoms with Crippen LogP contribution >= 0.6 is 0 Å². The Morgan fingerprint density at radius 2 is 1.85 bits per heavy atom. The number of anilines is 1. The Bertz CT molecular complexity index is 400. The van der Waals surface area contributed by atoms with E-state index in [4.69, 9.17) is 5.73 Å². The molecule has 13 heavy (non-hydrogen) atoms. The minimum atomic E-state index is 0.224. The van der Waals surface area contributed by atoms with Crippen molar-refractivity contribution in [3.8, 4) is 11.4 Å². The summed E-state index contributed by atoms with van der Waals surface area (Å²) in [4.78, 5) is 15.5. The zero-order chi connectivity index (χ0) is 9.10. The predicted molar refractivity (Wildman–Crippen MR) is 47.5 cm³/mol. The quantitative estimate of drug-likeness (QED) is 0.680. The molecule has 64 valence electrons. The van der Waals surface area contributed by atoms with Crippen molar-refractivity contribution >= 4 is 5.95 Å². The van der Waals surface area contributed by atoms with Gasteiger partial charge in [-0.05, 0) is 12.1 Å². The standard InChI is InChI=1S/C8H7N5/c9-8-12-5-11-7(13-8)6-1-3-10-4-2-6/h1-5H,(H2,9,11,12,13). The first kappa shape index (κ1) is 7.60. The van der Waals surface area contributed by atoms with Gasteiger partial charge in [-0.1, -0.05) is 0 Å². The summed E-state index contributed by atoms with van der Waals surface area (Å²) in [6.07, 6.45) is 4.74. The summed E-state index contributed by atoms with van der Waals surface area (Å²) in [5.74, 6) is 0.789. The third-order valence-corrected chi connectivity index (χ3v) is 1.53. The minimum Gasteiger partial charge on any atom is -0.368 e. The summed E-state index contributed by atoms with van der Waals surface area (Å²) in [6.45, 7) is 0. The molecule has 5 heteroatoms. The van der Waals surface area contributed by atoms with Gasteiger partial charge in [0.2, 0.25) is 5.95 Å². The lowest BCUT2D eigenvalue weighted by atomic mass is 10.2. The zero-order valence-corrected chi connectivity index (χ0v) is 6.75. The molecule has 0 atom stereocenters. The molecule has 0 saturated carbocycles. The van der Waals surface area contributed by atoms with E-state index in [0.29, 0.717) is 5.82 Å². The molecule has 0 spiro atoms. The van der Waals surface area contributed by atoms with E-state index < -0.39 is 0 Å². The average molecular weight is 173 g/mol. The third-order valence-electron chi connectivity index (χ3n) is 1.53. The fraction of sp³-hybridized carbons (Fsp3) is 0. The molecule has 0 aliphatic rings. The molecule has 2 aromatic heterocycles. The molecule has 0 aliphatic heterocycles. The van der Waals surface area contributed by atoms with Crippen LogP contribution in [0.25, 0.3) is 11.4 Å². The summed E-state index contributed by atoms with van der Waals surface area (Å²) in [5, 5.41) is 0. The molecule has 0 radical (unpaired) electrons. The highest BCUT2D eigenvalue weighted by Gasteiger charge is 1.99. The van der Waals surface area contributed by atoms with Crippen molar-refractivity contribution in [1.82, 2.24) is 19.9 Å². The summed E-state index contributed by atoms with van der Waals surface area (Å²) in [6, 6.07) is 3.63. The number of pyridine rings is 1. The van der Waals surface area contributed by atoms with E-state index >= 15 is 0 Å². The van der Waals surface area contributed by atoms with Crippen molar-refractivity contribution < 1.29 is 0 Å². The molecule has 2 rings (SSSR count). The number of nitrogen functional groups attached to an aromatic ring is 1. The second-order valence-corrected chi connectivity index (χ2v) is 2.40. The van der Waals surface area contributed by atoms with Crippen LogP contribution in [0.1, 0.15) is 0 Å². The van der Waals surface area contributed by atoms with Crippen LogP contribution in [0.3, 0.4) is 0 Å². The van der Waals surface area contributed by atoms with Gasteiger partial charge in [0.25, 0.3) is 0 Å². The molecule has 0 fully saturated rings. The molecular weight excluding hydrogens is 166 g/mol. The maximum Gasteiger partial charge on any atom is 0.223 e. The van der Waals surface area contributed by atoms with Gasteiger partial charge >= 0.3 is 0 Å². The first-order valence-electron chi connectivity index (χ1n) is 3.71. The van der Waals surface area contributed by atoms with Crippen LogP contribution in [-0.4, -0.2) is 19.9 Å². The first-order valence-corrected chi connectivity index (χ1v) is 3.71. The molecule has 2 heterocycles. The van der Waals surface area contributed by atoms with E-state index in [0.717, 1.165) is 5.56 Å². The summed E-state index contributed by atoms with van der Waals surface area (Å²) in [7, 11) is 0. The molecular formula is C8H7N5. The van der Waals surface area contributed by atoms with Crippen LogP contribution in [-0.2, 0) is 0 Å². The Kier molecular flexibility index (Phi) is 1.84. The van der Waals surface area contributed by atoms with E-state index in [-0.39, 0.29) is 5.95 Å². The van der Waals surface area contributed by atoms with E-state index in [1.807, 2.05) is 12.1 Å². The van der Waals surface area contributed by atoms with Crippen LogP contribution in [0.4, 0.5) is 5.95 Å². The Morgan fingerprint density at radius 1 is 1.08 bits per heavy atom. The number of hydrogen-bond donors (Lipinski definition) is 1. The summed E-state index contributed by atoms with van der Waals surface area (Å²) >= 11 is 0. The van der Waals surface area contributed by atoms with Crippen molar-refractivity contribution in [3.05, 3.63) is 30.9 Å². The predicted octanol–water partition coefficient (Wildman–Crippen LogP) is 0.516. The highest BCUT2D eigenvalue weighted by molar-refractivity contribution is 5.53. The SMILES string of the molecule is Nc1ncnc(-c2ccncc2)n1. The Hall–Kier alpha value is -2.04. The third kappa shape index (κ3) is 1.58. The van der Waals surface area contributed by atoms with Gasteiger partial charge in [0.05, 0.1) is 0 Å². The van der Waals surface area contributed by atoms with E-state index in [2.05, 4.69) is 19.9 Å². The number of rotatable bonds is 1. The van der Waals surface area contributed by atoms with Gasteiger partial charge in [-0.25, -0.2) is 9.97 Å². The minimum absolute atomic E-state index is 0.224. The van der Waals surface area contributed by atoms with Gasteiger partial charge in [-0.3, -0.25) is 4.98 Å². The molecule has 2 aromatic rings. The largest absolute Gasteiger partial charge is 0.368 e. The van der Waals surface area contributed by atoms with Gasteiger partial charge in [-0.15, -0.1) is 0 Å². The van der Waals surface area contributed by atoms with Crippen molar-refractivity contribution in [2.24, 2.45) is 0 Å². The van der Waals surface area contributed by atoms with Gasteiger partial charge in [0.15, 0.2) is 5.82 Å². The molecule has 0 aliphatic carbocycles. The van der Waals surface area contributed by atoms with E-state index in [1.54, 1.807) is 12.4 Å². The maximum absolute atomic E-state index is 5.42. The Labute approximate surface area is 74.7 Å². The lowest BCUT2D eigenvalue weighted by Crippen LogP contribution is -1.97. The van der Waals surface area contributed by atoms with Gasteiger partial charge in [0, 0.05) is 18.0 Å². The lowest BCUT2D eigenvalue weighted by Gasteiger charge is -1.97. The molecule has 0 amide bonds. The van der Waals surface area contributed by atoms with Crippen LogP contribution in [0, 0.1) is 0 Å². The second-order valence-electron chi connectivity index (χ2n) is 2.40. The summed E-state index contributed by atoms with van der Waals surface area (Å²) < 4.78 is 0. The maximum atomic E-state index is 5.42. The number of nitrogens with zero attached hydrogens (tertiary/aromatic N) is 4. The number of nitrogens with two attached hydrogens (primary N) is 1. The Balaban J connectivity index is 2.48. The normalized spacial score (nSPS) is 9.85. The van der Waals surface area contributed by atoms with Crippen LogP contribution < -0.4 is 5.73 Å². The summed E-state index contributed by atoms with van der Waals surface area (Å²) in [5.41, 5.74) is 6.30. The fourth-order valence-electron chi connectivity index (χ4n) is 0.949. The van der Waals surface area contributed by atoms with Crippen LogP contribution in [0.5, 0.6) is 0 Å². The second kappa shape index (κ2) is 3.14. The molecule has 2 N–H and O–H groups in total. The molecule has 0 bridgehead atoms. The van der Waals surface area contributed by atoms with Crippen LogP contribution in [0.15, 0.2) is 30.9 Å². The molecule has 0 unspecified atom stereocenters. The lowest BCUT2D eigenvalue weighted by molar-refractivity contribution is 1.07. The van der Waals surface area contributed by atoms with E-state index in [1.165, 1.54) is 6.33 Å². The number of aromatic nitrogens is 4. The van der Waals surface area contributed by atoms with Gasteiger partial charge in [0.1, 0.15) is 6.33 Å². The van der Waals surface area contributed by atoms with E-state index in [9.17, 15) is 0 Å². The zero-order valence-electron chi connectivity index (χ0n) is 6.75. The molecule has 5 nitrogen and oxygen atoms in total. The topological polar surface area (TPSA) is 77.6 Å². The van der Waals surface area contributed by atoms with Gasteiger partial charge < -0.3 is 5.73 Å². The smallest absolute Gasteiger partial charge is 0.223 e. The average Bonchev–Trinajstić information content (AvgIpc) is 2.19.